The van der Waals surface area contributed by atoms with Crippen molar-refractivity contribution < 1.29 is 18.7 Å². The lowest BCUT2D eigenvalue weighted by Gasteiger charge is -2.28. The number of rotatable bonds is 7. The third-order valence-corrected chi connectivity index (χ3v) is 5.77. The molecule has 178 valence electrons. The van der Waals surface area contributed by atoms with Gasteiger partial charge in [-0.05, 0) is 56.5 Å². The van der Waals surface area contributed by atoms with E-state index in [0.717, 1.165) is 5.56 Å². The molecule has 1 fully saturated rings. The molecule has 2 N–H and O–H groups in total. The number of hydrogen-bond donors (Lipinski definition) is 2. The number of carbonyl (C=O) groups is 2. The van der Waals surface area contributed by atoms with Crippen LogP contribution in [0.3, 0.4) is 0 Å². The van der Waals surface area contributed by atoms with Crippen LogP contribution in [0.25, 0.3) is 11.4 Å². The van der Waals surface area contributed by atoms with Gasteiger partial charge in [0.2, 0.25) is 11.9 Å². The van der Waals surface area contributed by atoms with Crippen molar-refractivity contribution in [3.63, 3.8) is 0 Å². The van der Waals surface area contributed by atoms with Gasteiger partial charge in [0, 0.05) is 24.7 Å². The Morgan fingerprint density at radius 2 is 1.76 bits per heavy atom. The lowest BCUT2D eigenvalue weighted by molar-refractivity contribution is -0.133. The lowest BCUT2D eigenvalue weighted by atomic mass is 9.96. The Kier molecular flexibility index (Phi) is 7.02. The van der Waals surface area contributed by atoms with Gasteiger partial charge in [0.25, 0.3) is 5.91 Å². The molecule has 0 unspecified atom stereocenters. The van der Waals surface area contributed by atoms with Crippen molar-refractivity contribution in [1.29, 1.82) is 0 Å². The van der Waals surface area contributed by atoms with Gasteiger partial charge in [0.05, 0.1) is 6.54 Å². The zero-order valence-electron chi connectivity index (χ0n) is 19.3. The number of halogens is 1. The van der Waals surface area contributed by atoms with E-state index in [-0.39, 0.29) is 23.6 Å². The van der Waals surface area contributed by atoms with Crippen LogP contribution in [-0.4, -0.2) is 45.3 Å². The Morgan fingerprint density at radius 1 is 1.09 bits per heavy atom. The lowest BCUT2D eigenvalue weighted by Crippen LogP contribution is -2.54. The zero-order valence-corrected chi connectivity index (χ0v) is 19.3. The standard InChI is InChI=1S/C25H28FN5O3/c1-25(2,29-22(32)19-12-14-34-15-13-19)23(33)28-24-27-21(18-8-10-20(26)11-9-18)31(30-24)16-17-6-4-3-5-7-17/h3-11,19H,12-16H2,1-2H3,(H,29,32)(H,28,30,33). The molecule has 0 spiro atoms. The Labute approximate surface area is 197 Å². The molecule has 1 saturated heterocycles. The van der Waals surface area contributed by atoms with Crippen LogP contribution in [0.5, 0.6) is 0 Å². The number of hydrogen-bond acceptors (Lipinski definition) is 5. The average molecular weight is 466 g/mol. The van der Waals surface area contributed by atoms with Crippen molar-refractivity contribution in [1.82, 2.24) is 20.1 Å². The second-order valence-corrected chi connectivity index (χ2v) is 8.86. The Balaban J connectivity index is 1.53. The predicted molar refractivity (Wildman–Crippen MR) is 125 cm³/mol. The number of carbonyl (C=O) groups excluding carboxylic acids is 2. The smallest absolute Gasteiger partial charge is 0.251 e. The number of anilines is 1. The molecule has 1 aliphatic heterocycles. The van der Waals surface area contributed by atoms with E-state index in [4.69, 9.17) is 4.74 Å². The maximum absolute atomic E-state index is 13.5. The summed E-state index contributed by atoms with van der Waals surface area (Å²) in [4.78, 5) is 30.2. The Bertz CT molecular complexity index is 1140. The SMILES string of the molecule is CC(C)(NC(=O)C1CCOCC1)C(=O)Nc1nc(-c2ccc(F)cc2)n(Cc2ccccc2)n1. The average Bonchev–Trinajstić information content (AvgIpc) is 3.22. The van der Waals surface area contributed by atoms with E-state index in [1.54, 1.807) is 30.7 Å². The van der Waals surface area contributed by atoms with E-state index in [0.29, 0.717) is 44.0 Å². The molecular weight excluding hydrogens is 437 g/mol. The minimum atomic E-state index is -1.17. The highest BCUT2D eigenvalue weighted by molar-refractivity contribution is 5.99. The van der Waals surface area contributed by atoms with Gasteiger partial charge in [-0.3, -0.25) is 14.9 Å². The summed E-state index contributed by atoms with van der Waals surface area (Å²) in [6.45, 7) is 4.78. The largest absolute Gasteiger partial charge is 0.381 e. The fourth-order valence-electron chi connectivity index (χ4n) is 3.76. The van der Waals surface area contributed by atoms with Crippen LogP contribution in [0, 0.1) is 11.7 Å². The van der Waals surface area contributed by atoms with E-state index in [1.165, 1.54) is 12.1 Å². The van der Waals surface area contributed by atoms with Crippen molar-refractivity contribution in [2.24, 2.45) is 5.92 Å². The highest BCUT2D eigenvalue weighted by Crippen LogP contribution is 2.22. The first-order chi connectivity index (χ1) is 16.3. The molecule has 0 radical (unpaired) electrons. The molecule has 0 aliphatic carbocycles. The highest BCUT2D eigenvalue weighted by atomic mass is 19.1. The second-order valence-electron chi connectivity index (χ2n) is 8.86. The Hall–Kier alpha value is -3.59. The zero-order chi connectivity index (χ0) is 24.1. The van der Waals surface area contributed by atoms with Gasteiger partial charge >= 0.3 is 0 Å². The first-order valence-corrected chi connectivity index (χ1v) is 11.3. The van der Waals surface area contributed by atoms with Crippen LogP contribution in [0.1, 0.15) is 32.3 Å². The van der Waals surface area contributed by atoms with Crippen LogP contribution in [-0.2, 0) is 20.9 Å². The predicted octanol–water partition coefficient (Wildman–Crippen LogP) is 3.39. The molecule has 3 aromatic rings. The fourth-order valence-corrected chi connectivity index (χ4v) is 3.76. The number of aromatic nitrogens is 3. The van der Waals surface area contributed by atoms with Crippen molar-refractivity contribution >= 4 is 17.8 Å². The van der Waals surface area contributed by atoms with E-state index in [9.17, 15) is 14.0 Å². The molecule has 2 aromatic carbocycles. The molecule has 4 rings (SSSR count). The molecule has 0 atom stereocenters. The first-order valence-electron chi connectivity index (χ1n) is 11.3. The monoisotopic (exact) mass is 465 g/mol. The third-order valence-electron chi connectivity index (χ3n) is 5.77. The number of nitrogens with zero attached hydrogens (tertiary/aromatic N) is 3. The van der Waals surface area contributed by atoms with Crippen molar-refractivity contribution in [2.45, 2.75) is 38.8 Å². The minimum absolute atomic E-state index is 0.105. The van der Waals surface area contributed by atoms with E-state index in [2.05, 4.69) is 20.7 Å². The van der Waals surface area contributed by atoms with Gasteiger partial charge in [0.1, 0.15) is 11.4 Å². The summed E-state index contributed by atoms with van der Waals surface area (Å²) in [5.74, 6) is -0.534. The second kappa shape index (κ2) is 10.1. The topological polar surface area (TPSA) is 98.1 Å². The number of amides is 2. The fraction of sp³-hybridized carbons (Fsp3) is 0.360. The van der Waals surface area contributed by atoms with Crippen LogP contribution >= 0.6 is 0 Å². The Morgan fingerprint density at radius 3 is 2.44 bits per heavy atom. The van der Waals surface area contributed by atoms with Gasteiger partial charge in [0.15, 0.2) is 5.82 Å². The quantitative estimate of drug-likeness (QED) is 0.557. The van der Waals surface area contributed by atoms with Gasteiger partial charge in [-0.2, -0.15) is 4.98 Å². The maximum atomic E-state index is 13.5. The summed E-state index contributed by atoms with van der Waals surface area (Å²) in [6, 6.07) is 15.6. The van der Waals surface area contributed by atoms with E-state index < -0.39 is 11.4 Å². The molecule has 2 amide bonds. The normalized spacial score (nSPS) is 14.6. The number of nitrogens with one attached hydrogen (secondary N) is 2. The molecule has 0 saturated carbocycles. The number of benzene rings is 2. The molecular formula is C25H28FN5O3. The molecule has 34 heavy (non-hydrogen) atoms. The van der Waals surface area contributed by atoms with Crippen molar-refractivity contribution in [2.75, 3.05) is 18.5 Å². The van der Waals surface area contributed by atoms with Gasteiger partial charge in [-0.15, -0.1) is 5.10 Å². The summed E-state index contributed by atoms with van der Waals surface area (Å²) in [5.41, 5.74) is 0.492. The van der Waals surface area contributed by atoms with Gasteiger partial charge < -0.3 is 10.1 Å². The molecule has 8 nitrogen and oxygen atoms in total. The number of ether oxygens (including phenoxy) is 1. The third kappa shape index (κ3) is 5.66. The van der Waals surface area contributed by atoms with Crippen molar-refractivity contribution in [3.8, 4) is 11.4 Å². The van der Waals surface area contributed by atoms with Crippen LogP contribution in [0.15, 0.2) is 54.6 Å². The van der Waals surface area contributed by atoms with Crippen molar-refractivity contribution in [3.05, 3.63) is 66.0 Å². The minimum Gasteiger partial charge on any atom is -0.381 e. The van der Waals surface area contributed by atoms with Gasteiger partial charge in [-0.1, -0.05) is 30.3 Å². The summed E-state index contributed by atoms with van der Waals surface area (Å²) >= 11 is 0. The molecule has 9 heteroatoms. The van der Waals surface area contributed by atoms with Crippen LogP contribution < -0.4 is 10.6 Å². The summed E-state index contributed by atoms with van der Waals surface area (Å²) in [7, 11) is 0. The summed E-state index contributed by atoms with van der Waals surface area (Å²) in [5, 5.41) is 10.0. The highest BCUT2D eigenvalue weighted by Gasteiger charge is 2.33. The molecule has 1 aliphatic rings. The van der Waals surface area contributed by atoms with Gasteiger partial charge in [-0.25, -0.2) is 9.07 Å². The van der Waals surface area contributed by atoms with E-state index in [1.807, 2.05) is 30.3 Å². The molecule has 1 aromatic heterocycles. The summed E-state index contributed by atoms with van der Waals surface area (Å²) in [6.07, 6.45) is 1.27. The molecule has 2 heterocycles. The maximum Gasteiger partial charge on any atom is 0.251 e. The van der Waals surface area contributed by atoms with E-state index >= 15 is 0 Å². The molecule has 0 bridgehead atoms. The first kappa shape index (κ1) is 23.6. The van der Waals surface area contributed by atoms with Crippen LogP contribution in [0.4, 0.5) is 10.3 Å². The summed E-state index contributed by atoms with van der Waals surface area (Å²) < 4.78 is 20.4. The van der Waals surface area contributed by atoms with Crippen LogP contribution in [0.2, 0.25) is 0 Å².